The first-order chi connectivity index (χ1) is 6.66. The van der Waals surface area contributed by atoms with E-state index < -0.39 is 0 Å². The SMILES string of the molecule is Cc1nc(-c2cccc(Cl)c2)c(C)[nH]1. The molecule has 2 rings (SSSR count). The van der Waals surface area contributed by atoms with Crippen LogP contribution >= 0.6 is 11.6 Å². The predicted octanol–water partition coefficient (Wildman–Crippen LogP) is 3.35. The number of H-pyrrole nitrogens is 1. The van der Waals surface area contributed by atoms with Gasteiger partial charge in [-0.3, -0.25) is 0 Å². The summed E-state index contributed by atoms with van der Waals surface area (Å²) in [7, 11) is 0. The van der Waals surface area contributed by atoms with Crippen molar-refractivity contribution in [3.8, 4) is 11.3 Å². The van der Waals surface area contributed by atoms with Crippen molar-refractivity contribution < 1.29 is 0 Å². The number of aryl methyl sites for hydroxylation is 2. The van der Waals surface area contributed by atoms with Gasteiger partial charge in [0.2, 0.25) is 0 Å². The molecule has 3 heteroatoms. The summed E-state index contributed by atoms with van der Waals surface area (Å²) in [4.78, 5) is 7.58. The van der Waals surface area contributed by atoms with E-state index >= 15 is 0 Å². The molecule has 0 spiro atoms. The van der Waals surface area contributed by atoms with E-state index in [4.69, 9.17) is 11.6 Å². The van der Waals surface area contributed by atoms with Crippen molar-refractivity contribution in [2.24, 2.45) is 0 Å². The van der Waals surface area contributed by atoms with Gasteiger partial charge in [0.1, 0.15) is 5.82 Å². The first-order valence-electron chi connectivity index (χ1n) is 4.46. The first kappa shape index (κ1) is 9.28. The molecule has 72 valence electrons. The quantitative estimate of drug-likeness (QED) is 0.762. The molecule has 0 atom stereocenters. The summed E-state index contributed by atoms with van der Waals surface area (Å²) in [6.45, 7) is 3.96. The highest BCUT2D eigenvalue weighted by Gasteiger charge is 2.06. The average Bonchev–Trinajstić information content (AvgIpc) is 2.45. The number of nitrogens with zero attached hydrogens (tertiary/aromatic N) is 1. The van der Waals surface area contributed by atoms with E-state index in [0.717, 1.165) is 27.8 Å². The van der Waals surface area contributed by atoms with Gasteiger partial charge in [-0.2, -0.15) is 0 Å². The largest absolute Gasteiger partial charge is 0.346 e. The van der Waals surface area contributed by atoms with Gasteiger partial charge >= 0.3 is 0 Å². The molecule has 0 aliphatic heterocycles. The van der Waals surface area contributed by atoms with Gasteiger partial charge in [-0.05, 0) is 26.0 Å². The molecule has 0 radical (unpaired) electrons. The van der Waals surface area contributed by atoms with Crippen LogP contribution in [0.4, 0.5) is 0 Å². The molecule has 0 aliphatic carbocycles. The van der Waals surface area contributed by atoms with Gasteiger partial charge in [0.05, 0.1) is 5.69 Å². The standard InChI is InChI=1S/C11H11ClN2/c1-7-11(14-8(2)13-7)9-4-3-5-10(12)6-9/h3-6H,1-2H3,(H,13,14). The van der Waals surface area contributed by atoms with Gasteiger partial charge in [0.25, 0.3) is 0 Å². The molecule has 1 heterocycles. The Bertz CT molecular complexity index is 460. The van der Waals surface area contributed by atoms with E-state index in [1.807, 2.05) is 38.1 Å². The third-order valence-electron chi connectivity index (χ3n) is 2.10. The number of rotatable bonds is 1. The van der Waals surface area contributed by atoms with Crippen molar-refractivity contribution in [1.29, 1.82) is 0 Å². The van der Waals surface area contributed by atoms with Crippen LogP contribution in [0.25, 0.3) is 11.3 Å². The first-order valence-corrected chi connectivity index (χ1v) is 4.84. The summed E-state index contributed by atoms with van der Waals surface area (Å²) in [6.07, 6.45) is 0. The Morgan fingerprint density at radius 1 is 1.29 bits per heavy atom. The molecule has 2 aromatic rings. The molecule has 0 saturated heterocycles. The maximum absolute atomic E-state index is 5.92. The lowest BCUT2D eigenvalue weighted by Gasteiger charge is -1.98. The van der Waals surface area contributed by atoms with Crippen LogP contribution in [0.15, 0.2) is 24.3 Å². The van der Waals surface area contributed by atoms with Crippen LogP contribution in [0, 0.1) is 13.8 Å². The molecule has 0 unspecified atom stereocenters. The molecule has 0 aliphatic rings. The fourth-order valence-corrected chi connectivity index (χ4v) is 1.72. The summed E-state index contributed by atoms with van der Waals surface area (Å²) >= 11 is 5.92. The Kier molecular flexibility index (Phi) is 2.30. The number of hydrogen-bond acceptors (Lipinski definition) is 1. The van der Waals surface area contributed by atoms with E-state index in [9.17, 15) is 0 Å². The highest BCUT2D eigenvalue weighted by atomic mass is 35.5. The zero-order valence-corrected chi connectivity index (χ0v) is 8.89. The highest BCUT2D eigenvalue weighted by molar-refractivity contribution is 6.30. The Morgan fingerprint density at radius 2 is 2.07 bits per heavy atom. The fourth-order valence-electron chi connectivity index (χ4n) is 1.53. The molecular formula is C11H11ClN2. The average molecular weight is 207 g/mol. The lowest BCUT2D eigenvalue weighted by atomic mass is 10.1. The summed E-state index contributed by atoms with van der Waals surface area (Å²) in [5.41, 5.74) is 3.11. The summed E-state index contributed by atoms with van der Waals surface area (Å²) in [5.74, 6) is 0.928. The van der Waals surface area contributed by atoms with Gasteiger partial charge in [-0.1, -0.05) is 23.7 Å². The van der Waals surface area contributed by atoms with Gasteiger partial charge in [-0.15, -0.1) is 0 Å². The minimum absolute atomic E-state index is 0.738. The van der Waals surface area contributed by atoms with Crippen molar-refractivity contribution in [2.45, 2.75) is 13.8 Å². The maximum Gasteiger partial charge on any atom is 0.103 e. The van der Waals surface area contributed by atoms with Crippen LogP contribution in [0.3, 0.4) is 0 Å². The Balaban J connectivity index is 2.54. The van der Waals surface area contributed by atoms with Crippen LogP contribution in [-0.4, -0.2) is 9.97 Å². The lowest BCUT2D eigenvalue weighted by molar-refractivity contribution is 1.13. The fraction of sp³-hybridized carbons (Fsp3) is 0.182. The third-order valence-corrected chi connectivity index (χ3v) is 2.34. The molecule has 2 nitrogen and oxygen atoms in total. The maximum atomic E-state index is 5.92. The van der Waals surface area contributed by atoms with E-state index in [-0.39, 0.29) is 0 Å². The molecule has 0 amide bonds. The van der Waals surface area contributed by atoms with Gasteiger partial charge in [-0.25, -0.2) is 4.98 Å². The van der Waals surface area contributed by atoms with Crippen molar-refractivity contribution >= 4 is 11.6 Å². The molecule has 0 bridgehead atoms. The van der Waals surface area contributed by atoms with E-state index in [2.05, 4.69) is 9.97 Å². The van der Waals surface area contributed by atoms with Crippen LogP contribution in [0.2, 0.25) is 5.02 Å². The Labute approximate surface area is 88.0 Å². The van der Waals surface area contributed by atoms with Crippen LogP contribution in [0.1, 0.15) is 11.5 Å². The Morgan fingerprint density at radius 3 is 2.64 bits per heavy atom. The van der Waals surface area contributed by atoms with Gasteiger partial charge < -0.3 is 4.98 Å². The van der Waals surface area contributed by atoms with Crippen molar-refractivity contribution in [3.05, 3.63) is 40.8 Å². The molecular weight excluding hydrogens is 196 g/mol. The van der Waals surface area contributed by atoms with Gasteiger partial charge in [0.15, 0.2) is 0 Å². The predicted molar refractivity (Wildman–Crippen MR) is 58.5 cm³/mol. The van der Waals surface area contributed by atoms with E-state index in [1.165, 1.54) is 0 Å². The highest BCUT2D eigenvalue weighted by Crippen LogP contribution is 2.23. The van der Waals surface area contributed by atoms with Crippen molar-refractivity contribution in [2.75, 3.05) is 0 Å². The number of benzene rings is 1. The zero-order chi connectivity index (χ0) is 10.1. The second-order valence-corrected chi connectivity index (χ2v) is 3.74. The van der Waals surface area contributed by atoms with Crippen molar-refractivity contribution in [1.82, 2.24) is 9.97 Å². The van der Waals surface area contributed by atoms with Crippen LogP contribution in [-0.2, 0) is 0 Å². The molecule has 0 saturated carbocycles. The second-order valence-electron chi connectivity index (χ2n) is 3.31. The molecule has 0 fully saturated rings. The summed E-state index contributed by atoms with van der Waals surface area (Å²) < 4.78 is 0. The molecule has 1 aromatic heterocycles. The monoisotopic (exact) mass is 206 g/mol. The molecule has 1 N–H and O–H groups in total. The number of hydrogen-bond donors (Lipinski definition) is 1. The minimum atomic E-state index is 0.738. The zero-order valence-electron chi connectivity index (χ0n) is 8.13. The van der Waals surface area contributed by atoms with Crippen LogP contribution < -0.4 is 0 Å². The molecule has 1 aromatic carbocycles. The number of aromatic amines is 1. The number of nitrogens with one attached hydrogen (secondary N) is 1. The van der Waals surface area contributed by atoms with E-state index in [0.29, 0.717) is 0 Å². The number of imidazole rings is 1. The molecule has 14 heavy (non-hydrogen) atoms. The summed E-state index contributed by atoms with van der Waals surface area (Å²) in [5, 5.41) is 0.738. The second kappa shape index (κ2) is 3.46. The minimum Gasteiger partial charge on any atom is -0.346 e. The number of aromatic nitrogens is 2. The normalized spacial score (nSPS) is 10.5. The van der Waals surface area contributed by atoms with Crippen LogP contribution in [0.5, 0.6) is 0 Å². The van der Waals surface area contributed by atoms with E-state index in [1.54, 1.807) is 0 Å². The smallest absolute Gasteiger partial charge is 0.103 e. The summed E-state index contributed by atoms with van der Waals surface area (Å²) in [6, 6.07) is 7.72. The Hall–Kier alpha value is -1.28. The lowest BCUT2D eigenvalue weighted by Crippen LogP contribution is -1.80. The van der Waals surface area contributed by atoms with Gasteiger partial charge in [0, 0.05) is 16.3 Å². The number of halogens is 1. The van der Waals surface area contributed by atoms with Crippen molar-refractivity contribution in [3.63, 3.8) is 0 Å². The third kappa shape index (κ3) is 1.66. The topological polar surface area (TPSA) is 28.7 Å².